The van der Waals surface area contributed by atoms with Crippen LogP contribution < -0.4 is 10.4 Å². The highest BCUT2D eigenvalue weighted by Gasteiger charge is 2.36. The highest BCUT2D eigenvalue weighted by atomic mass is 31.2. The van der Waals surface area contributed by atoms with Gasteiger partial charge in [0.05, 0.1) is 5.30 Å². The zero-order valence-corrected chi connectivity index (χ0v) is 18.2. The molecule has 0 saturated heterocycles. The van der Waals surface area contributed by atoms with E-state index in [1.807, 2.05) is 66.7 Å². The lowest BCUT2D eigenvalue weighted by Gasteiger charge is -2.25. The van der Waals surface area contributed by atoms with Crippen molar-refractivity contribution in [2.75, 3.05) is 0 Å². The summed E-state index contributed by atoms with van der Waals surface area (Å²) in [5, 5.41) is 3.73. The van der Waals surface area contributed by atoms with E-state index in [2.05, 4.69) is 17.2 Å². The third-order valence-electron chi connectivity index (χ3n) is 5.73. The third kappa shape index (κ3) is 3.85. The van der Waals surface area contributed by atoms with Gasteiger partial charge in [-0.1, -0.05) is 91.0 Å². The summed E-state index contributed by atoms with van der Waals surface area (Å²) in [7, 11) is -3.49. The topological polar surface area (TPSA) is 55.4 Å². The minimum absolute atomic E-state index is 0.392. The first-order chi connectivity index (χ1) is 15.7. The molecule has 1 N–H and O–H groups in total. The molecule has 1 aliphatic rings. The monoisotopic (exact) mass is 439 g/mol. The Morgan fingerprint density at radius 2 is 1.31 bits per heavy atom. The number of aldehydes is 1. The van der Waals surface area contributed by atoms with Gasteiger partial charge in [0, 0.05) is 12.1 Å². The van der Waals surface area contributed by atoms with Crippen LogP contribution in [0.25, 0.3) is 11.1 Å². The van der Waals surface area contributed by atoms with E-state index in [9.17, 15) is 9.36 Å². The van der Waals surface area contributed by atoms with Crippen LogP contribution in [-0.4, -0.2) is 6.29 Å². The number of nitrogens with one attached hydrogen (secondary N) is 1. The fraction of sp³-hybridized carbons (Fsp3) is 0.0741. The van der Waals surface area contributed by atoms with E-state index >= 15 is 0 Å². The molecule has 4 aromatic rings. The van der Waals surface area contributed by atoms with E-state index in [1.165, 1.54) is 0 Å². The standard InChI is InChI=1S/C27H22NO3P/c29-19-21-14-16-22(17-15-21)32(30,28-18-20-8-2-1-3-9-20)31-27-25-12-6-4-10-23(25)24-11-5-7-13-26(24)27/h1-17,19,27H,18H2,(H,28,30)/t32-/m0/s1. The van der Waals surface area contributed by atoms with Gasteiger partial charge in [-0.15, -0.1) is 0 Å². The summed E-state index contributed by atoms with van der Waals surface area (Å²) in [6.07, 6.45) is 0.318. The summed E-state index contributed by atoms with van der Waals surface area (Å²) in [6, 6.07) is 32.7. The highest BCUT2D eigenvalue weighted by Crippen LogP contribution is 2.54. The molecule has 158 valence electrons. The molecule has 0 aliphatic heterocycles. The van der Waals surface area contributed by atoms with Gasteiger partial charge in [-0.3, -0.25) is 9.36 Å². The van der Waals surface area contributed by atoms with Gasteiger partial charge in [-0.25, -0.2) is 5.09 Å². The van der Waals surface area contributed by atoms with E-state index in [-0.39, 0.29) is 0 Å². The molecule has 0 spiro atoms. The molecule has 0 unspecified atom stereocenters. The average Bonchev–Trinajstić information content (AvgIpc) is 3.17. The average molecular weight is 439 g/mol. The Bertz CT molecular complexity index is 1260. The first kappa shape index (κ1) is 20.6. The number of rotatable bonds is 7. The van der Waals surface area contributed by atoms with E-state index in [4.69, 9.17) is 4.52 Å². The van der Waals surface area contributed by atoms with Crippen molar-refractivity contribution in [2.24, 2.45) is 0 Å². The van der Waals surface area contributed by atoms with Crippen LogP contribution in [0.3, 0.4) is 0 Å². The molecule has 0 amide bonds. The number of carbonyl (C=O) groups excluding carboxylic acids is 1. The van der Waals surface area contributed by atoms with Gasteiger partial charge in [-0.2, -0.15) is 0 Å². The Kier molecular flexibility index (Phi) is 5.59. The van der Waals surface area contributed by atoms with Gasteiger partial charge in [0.15, 0.2) is 0 Å². The molecule has 0 saturated carbocycles. The van der Waals surface area contributed by atoms with Crippen LogP contribution in [0.15, 0.2) is 103 Å². The predicted octanol–water partition coefficient (Wildman–Crippen LogP) is 5.89. The first-order valence-electron chi connectivity index (χ1n) is 10.5. The van der Waals surface area contributed by atoms with Crippen LogP contribution >= 0.6 is 7.52 Å². The first-order valence-corrected chi connectivity index (χ1v) is 12.1. The van der Waals surface area contributed by atoms with Gasteiger partial charge in [-0.05, 0) is 39.9 Å². The predicted molar refractivity (Wildman–Crippen MR) is 127 cm³/mol. The summed E-state index contributed by atoms with van der Waals surface area (Å²) in [5.41, 5.74) is 5.73. The van der Waals surface area contributed by atoms with Gasteiger partial charge in [0.25, 0.3) is 0 Å². The van der Waals surface area contributed by atoms with Crippen molar-refractivity contribution in [1.82, 2.24) is 5.09 Å². The number of hydrogen-bond acceptors (Lipinski definition) is 3. The maximum atomic E-state index is 14.3. The van der Waals surface area contributed by atoms with Gasteiger partial charge < -0.3 is 4.52 Å². The molecule has 0 aromatic heterocycles. The Hall–Kier alpha value is -3.30. The van der Waals surface area contributed by atoms with Gasteiger partial charge >= 0.3 is 7.52 Å². The zero-order valence-electron chi connectivity index (χ0n) is 17.3. The summed E-state index contributed by atoms with van der Waals surface area (Å²) in [6.45, 7) is 0.392. The van der Waals surface area contributed by atoms with Crippen LogP contribution in [0.1, 0.15) is 33.2 Å². The molecule has 4 nitrogen and oxygen atoms in total. The Balaban J connectivity index is 1.54. The second-order valence-corrected chi connectivity index (χ2v) is 9.89. The molecule has 0 bridgehead atoms. The fourth-order valence-electron chi connectivity index (χ4n) is 4.10. The lowest BCUT2D eigenvalue weighted by Crippen LogP contribution is -2.23. The van der Waals surface area contributed by atoms with Crippen LogP contribution in [0, 0.1) is 0 Å². The summed E-state index contributed by atoms with van der Waals surface area (Å²) in [4.78, 5) is 11.1. The SMILES string of the molecule is O=Cc1ccc([P@@](=O)(NCc2ccccc2)OC2c3ccccc3-c3ccccc32)cc1. The van der Waals surface area contributed by atoms with Crippen LogP contribution in [-0.2, 0) is 15.6 Å². The summed E-state index contributed by atoms with van der Waals surface area (Å²) in [5.74, 6) is 0. The van der Waals surface area contributed by atoms with E-state index in [0.29, 0.717) is 17.4 Å². The molecule has 0 heterocycles. The second-order valence-electron chi connectivity index (χ2n) is 7.74. The smallest absolute Gasteiger partial charge is 0.300 e. The van der Waals surface area contributed by atoms with Crippen molar-refractivity contribution in [3.05, 3.63) is 125 Å². The van der Waals surface area contributed by atoms with Crippen molar-refractivity contribution >= 4 is 19.1 Å². The summed E-state index contributed by atoms with van der Waals surface area (Å²) >= 11 is 0. The number of carbonyl (C=O) groups is 1. The second kappa shape index (κ2) is 8.68. The molecule has 1 aliphatic carbocycles. The van der Waals surface area contributed by atoms with E-state index in [1.54, 1.807) is 24.3 Å². The Morgan fingerprint density at radius 3 is 1.91 bits per heavy atom. The van der Waals surface area contributed by atoms with Crippen molar-refractivity contribution in [1.29, 1.82) is 0 Å². The van der Waals surface area contributed by atoms with E-state index < -0.39 is 13.6 Å². The maximum absolute atomic E-state index is 14.3. The molecule has 4 aromatic carbocycles. The molecule has 5 rings (SSSR count). The third-order valence-corrected chi connectivity index (χ3v) is 7.79. The molecule has 1 atom stereocenters. The lowest BCUT2D eigenvalue weighted by molar-refractivity contribution is 0.112. The number of hydrogen-bond donors (Lipinski definition) is 1. The normalized spacial score (nSPS) is 14.4. The largest absolute Gasteiger partial charge is 0.301 e. The molecule has 0 fully saturated rings. The lowest BCUT2D eigenvalue weighted by atomic mass is 10.1. The van der Waals surface area contributed by atoms with Crippen molar-refractivity contribution < 1.29 is 13.9 Å². The minimum Gasteiger partial charge on any atom is -0.301 e. The van der Waals surface area contributed by atoms with E-state index in [0.717, 1.165) is 34.1 Å². The van der Waals surface area contributed by atoms with Crippen molar-refractivity contribution in [3.63, 3.8) is 0 Å². The number of fused-ring (bicyclic) bond motifs is 3. The van der Waals surface area contributed by atoms with Crippen LogP contribution in [0.4, 0.5) is 0 Å². The Labute approximate surface area is 187 Å². The van der Waals surface area contributed by atoms with Crippen LogP contribution in [0.5, 0.6) is 0 Å². The van der Waals surface area contributed by atoms with Gasteiger partial charge in [0.1, 0.15) is 12.4 Å². The molecule has 32 heavy (non-hydrogen) atoms. The fourth-order valence-corrected chi connectivity index (χ4v) is 5.94. The summed E-state index contributed by atoms with van der Waals surface area (Å²) < 4.78 is 20.8. The maximum Gasteiger partial charge on any atom is 0.300 e. The molecular formula is C27H22NO3P. The minimum atomic E-state index is -3.49. The zero-order chi connectivity index (χ0) is 22.0. The van der Waals surface area contributed by atoms with Gasteiger partial charge in [0.2, 0.25) is 0 Å². The van der Waals surface area contributed by atoms with Crippen LogP contribution in [0.2, 0.25) is 0 Å². The molecule has 5 heteroatoms. The molecular weight excluding hydrogens is 417 g/mol. The number of benzene rings is 4. The van der Waals surface area contributed by atoms with Crippen molar-refractivity contribution in [2.45, 2.75) is 12.6 Å². The van der Waals surface area contributed by atoms with Crippen molar-refractivity contribution in [3.8, 4) is 11.1 Å². The molecule has 0 radical (unpaired) electrons. The quantitative estimate of drug-likeness (QED) is 0.288. The highest BCUT2D eigenvalue weighted by molar-refractivity contribution is 7.65. The Morgan fingerprint density at radius 1 is 0.750 bits per heavy atom.